The lowest BCUT2D eigenvalue weighted by atomic mass is 9.93. The van der Waals surface area contributed by atoms with Crippen LogP contribution in [0, 0.1) is 18.3 Å². The van der Waals surface area contributed by atoms with Gasteiger partial charge >= 0.3 is 0 Å². The molecule has 0 spiro atoms. The Labute approximate surface area is 144 Å². The summed E-state index contributed by atoms with van der Waals surface area (Å²) in [6.45, 7) is 1.96. The van der Waals surface area contributed by atoms with E-state index in [2.05, 4.69) is 21.1 Å². The molecule has 0 atom stereocenters. The van der Waals surface area contributed by atoms with Crippen LogP contribution in [0.2, 0.25) is 0 Å². The first-order valence-electron chi connectivity index (χ1n) is 7.86. The van der Waals surface area contributed by atoms with Crippen molar-refractivity contribution in [3.05, 3.63) is 54.0 Å². The van der Waals surface area contributed by atoms with Gasteiger partial charge in [0.25, 0.3) is 0 Å². The molecule has 0 unspecified atom stereocenters. The van der Waals surface area contributed by atoms with Gasteiger partial charge in [0.05, 0.1) is 11.9 Å². The Morgan fingerprint density at radius 3 is 2.80 bits per heavy atom. The van der Waals surface area contributed by atoms with Gasteiger partial charge in [-0.05, 0) is 18.6 Å². The van der Waals surface area contributed by atoms with Crippen molar-refractivity contribution in [2.45, 2.75) is 6.92 Å². The largest absolute Gasteiger partial charge is 0.383 e. The van der Waals surface area contributed by atoms with Gasteiger partial charge in [-0.15, -0.1) is 0 Å². The van der Waals surface area contributed by atoms with Gasteiger partial charge in [0.15, 0.2) is 0 Å². The molecule has 4 rings (SSSR count). The van der Waals surface area contributed by atoms with Crippen LogP contribution in [0.5, 0.6) is 0 Å². The average Bonchev–Trinajstić information content (AvgIpc) is 3.22. The monoisotopic (exact) mass is 328 g/mol. The number of nitrogen functional groups attached to an aromatic ring is 1. The van der Waals surface area contributed by atoms with Gasteiger partial charge in [-0.3, -0.25) is 4.68 Å². The van der Waals surface area contributed by atoms with Crippen LogP contribution in [0.1, 0.15) is 11.1 Å². The third-order valence-corrected chi connectivity index (χ3v) is 4.42. The number of anilines is 1. The fraction of sp³-hybridized carbons (Fsp3) is 0.105. The first-order valence-corrected chi connectivity index (χ1v) is 7.86. The van der Waals surface area contributed by atoms with Crippen molar-refractivity contribution in [1.82, 2.24) is 19.7 Å². The minimum absolute atomic E-state index is 0.229. The molecule has 0 saturated heterocycles. The van der Waals surface area contributed by atoms with E-state index in [-0.39, 0.29) is 5.82 Å². The zero-order valence-electron chi connectivity index (χ0n) is 13.9. The molecular formula is C19H16N6. The Balaban J connectivity index is 2.07. The van der Waals surface area contributed by atoms with Gasteiger partial charge in [-0.2, -0.15) is 10.4 Å². The summed E-state index contributed by atoms with van der Waals surface area (Å²) in [5, 5.41) is 14.9. The zero-order valence-corrected chi connectivity index (χ0v) is 13.9. The molecule has 0 amide bonds. The minimum Gasteiger partial charge on any atom is -0.383 e. The van der Waals surface area contributed by atoms with E-state index in [9.17, 15) is 5.26 Å². The quantitative estimate of drug-likeness (QED) is 0.589. The molecule has 3 aromatic heterocycles. The highest BCUT2D eigenvalue weighted by Crippen LogP contribution is 2.38. The average molecular weight is 328 g/mol. The second-order valence-electron chi connectivity index (χ2n) is 5.98. The standard InChI is InChI=1S/C19H16N6/c1-11-17(15-9-22-16-6-4-3-5-13(15)16)14(7-20)19(21)24-18(11)12-8-23-25(2)10-12/h3-6,8-10,22H,1-2H3,(H2,21,24). The lowest BCUT2D eigenvalue weighted by molar-refractivity contribution is 0.768. The van der Waals surface area contributed by atoms with Gasteiger partial charge in [0.2, 0.25) is 0 Å². The number of pyridine rings is 1. The summed E-state index contributed by atoms with van der Waals surface area (Å²) < 4.78 is 1.72. The van der Waals surface area contributed by atoms with Crippen molar-refractivity contribution < 1.29 is 0 Å². The van der Waals surface area contributed by atoms with Crippen LogP contribution in [0.3, 0.4) is 0 Å². The number of nitrogens with one attached hydrogen (secondary N) is 1. The smallest absolute Gasteiger partial charge is 0.142 e. The van der Waals surface area contributed by atoms with E-state index in [4.69, 9.17) is 5.73 Å². The summed E-state index contributed by atoms with van der Waals surface area (Å²) in [7, 11) is 1.85. The third kappa shape index (κ3) is 2.25. The Hall–Kier alpha value is -3.59. The van der Waals surface area contributed by atoms with Gasteiger partial charge in [0, 0.05) is 47.0 Å². The van der Waals surface area contributed by atoms with Crippen LogP contribution >= 0.6 is 0 Å². The van der Waals surface area contributed by atoms with Crippen molar-refractivity contribution >= 4 is 16.7 Å². The van der Waals surface area contributed by atoms with E-state index in [0.29, 0.717) is 5.56 Å². The van der Waals surface area contributed by atoms with Crippen LogP contribution in [0.15, 0.2) is 42.9 Å². The second kappa shape index (κ2) is 5.49. The number of para-hydroxylation sites is 1. The second-order valence-corrected chi connectivity index (χ2v) is 5.98. The fourth-order valence-corrected chi connectivity index (χ4v) is 3.25. The van der Waals surface area contributed by atoms with E-state index in [1.165, 1.54) is 0 Å². The Bertz CT molecular complexity index is 1140. The van der Waals surface area contributed by atoms with Crippen LogP contribution in [-0.4, -0.2) is 19.7 Å². The highest BCUT2D eigenvalue weighted by molar-refractivity contribution is 5.99. The van der Waals surface area contributed by atoms with Gasteiger partial charge in [0.1, 0.15) is 17.5 Å². The maximum Gasteiger partial charge on any atom is 0.142 e. The van der Waals surface area contributed by atoms with Crippen LogP contribution in [-0.2, 0) is 7.05 Å². The van der Waals surface area contributed by atoms with Crippen molar-refractivity contribution in [3.8, 4) is 28.5 Å². The van der Waals surface area contributed by atoms with Crippen molar-refractivity contribution in [3.63, 3.8) is 0 Å². The van der Waals surface area contributed by atoms with E-state index < -0.39 is 0 Å². The molecule has 4 aromatic rings. The molecule has 0 fully saturated rings. The predicted molar refractivity (Wildman–Crippen MR) is 97.6 cm³/mol. The van der Waals surface area contributed by atoms with Gasteiger partial charge in [-0.1, -0.05) is 18.2 Å². The van der Waals surface area contributed by atoms with E-state index in [0.717, 1.165) is 38.9 Å². The highest BCUT2D eigenvalue weighted by atomic mass is 15.2. The third-order valence-electron chi connectivity index (χ3n) is 4.42. The topological polar surface area (TPSA) is 96.3 Å². The summed E-state index contributed by atoms with van der Waals surface area (Å²) in [5.41, 5.74) is 11.8. The summed E-state index contributed by atoms with van der Waals surface area (Å²) in [6, 6.07) is 10.2. The summed E-state index contributed by atoms with van der Waals surface area (Å²) >= 11 is 0. The number of benzene rings is 1. The van der Waals surface area contributed by atoms with E-state index >= 15 is 0 Å². The number of aromatic amines is 1. The molecule has 122 valence electrons. The maximum atomic E-state index is 9.66. The van der Waals surface area contributed by atoms with Crippen molar-refractivity contribution in [1.29, 1.82) is 5.26 Å². The van der Waals surface area contributed by atoms with Crippen LogP contribution in [0.4, 0.5) is 5.82 Å². The number of hydrogen-bond acceptors (Lipinski definition) is 4. The Kier molecular flexibility index (Phi) is 3.29. The minimum atomic E-state index is 0.229. The van der Waals surface area contributed by atoms with Gasteiger partial charge in [-0.25, -0.2) is 4.98 Å². The summed E-state index contributed by atoms with van der Waals surface area (Å²) in [5.74, 6) is 0.229. The van der Waals surface area contributed by atoms with Crippen LogP contribution < -0.4 is 5.73 Å². The number of H-pyrrole nitrogens is 1. The number of aromatic nitrogens is 4. The number of fused-ring (bicyclic) bond motifs is 1. The zero-order chi connectivity index (χ0) is 17.6. The molecule has 0 aliphatic heterocycles. The highest BCUT2D eigenvalue weighted by Gasteiger charge is 2.20. The number of nitrogens with two attached hydrogens (primary N) is 1. The molecular weight excluding hydrogens is 312 g/mol. The SMILES string of the molecule is Cc1c(-c2cnn(C)c2)nc(N)c(C#N)c1-c1c[nH]c2ccccc12. The number of hydrogen-bond donors (Lipinski definition) is 2. The molecule has 0 aliphatic carbocycles. The molecule has 3 heterocycles. The van der Waals surface area contributed by atoms with Crippen LogP contribution in [0.25, 0.3) is 33.3 Å². The van der Waals surface area contributed by atoms with E-state index in [1.807, 2.05) is 50.6 Å². The van der Waals surface area contributed by atoms with Gasteiger partial charge < -0.3 is 10.7 Å². The lowest BCUT2D eigenvalue weighted by Crippen LogP contribution is -2.02. The predicted octanol–water partition coefficient (Wildman–Crippen LogP) is 3.39. The fourth-order valence-electron chi connectivity index (χ4n) is 3.25. The number of aryl methyl sites for hydroxylation is 1. The van der Waals surface area contributed by atoms with Crippen molar-refractivity contribution in [2.24, 2.45) is 7.05 Å². The molecule has 6 heteroatoms. The first kappa shape index (κ1) is 15.0. The number of nitriles is 1. The Morgan fingerprint density at radius 2 is 2.08 bits per heavy atom. The number of rotatable bonds is 2. The van der Waals surface area contributed by atoms with Crippen molar-refractivity contribution in [2.75, 3.05) is 5.73 Å². The lowest BCUT2D eigenvalue weighted by Gasteiger charge is -2.13. The summed E-state index contributed by atoms with van der Waals surface area (Å²) in [6.07, 6.45) is 5.56. The molecule has 3 N–H and O–H groups in total. The molecule has 0 aliphatic rings. The molecule has 0 radical (unpaired) electrons. The molecule has 0 saturated carbocycles. The Morgan fingerprint density at radius 1 is 1.28 bits per heavy atom. The first-order chi connectivity index (χ1) is 12.1. The normalized spacial score (nSPS) is 10.9. The number of nitrogens with zero attached hydrogens (tertiary/aromatic N) is 4. The molecule has 0 bridgehead atoms. The molecule has 1 aromatic carbocycles. The molecule has 25 heavy (non-hydrogen) atoms. The van der Waals surface area contributed by atoms with E-state index in [1.54, 1.807) is 10.9 Å². The summed E-state index contributed by atoms with van der Waals surface area (Å²) in [4.78, 5) is 7.73. The molecule has 6 nitrogen and oxygen atoms in total. The maximum absolute atomic E-state index is 9.66.